The molecule has 0 unspecified atom stereocenters. The first-order valence-electron chi connectivity index (χ1n) is 11.7. The Bertz CT molecular complexity index is 1380. The van der Waals surface area contributed by atoms with E-state index < -0.39 is 0 Å². The van der Waals surface area contributed by atoms with Crippen LogP contribution < -0.4 is 16.0 Å². The Hall–Kier alpha value is -3.26. The molecule has 0 aliphatic heterocycles. The zero-order valence-electron chi connectivity index (χ0n) is 19.6. The van der Waals surface area contributed by atoms with Crippen LogP contribution in [0.1, 0.15) is 43.7 Å². The maximum Gasteiger partial charge on any atom is 0.331 e. The normalized spacial score (nSPS) is 11.4. The molecule has 1 N–H and O–H groups in total. The summed E-state index contributed by atoms with van der Waals surface area (Å²) in [6.45, 7) is 3.66. The smallest absolute Gasteiger partial charge is 0.331 e. The second kappa shape index (κ2) is 10.8. The molecule has 34 heavy (non-hydrogen) atoms. The van der Waals surface area contributed by atoms with Gasteiger partial charge in [0.1, 0.15) is 16.4 Å². The van der Waals surface area contributed by atoms with Crippen molar-refractivity contribution < 1.29 is 4.74 Å². The van der Waals surface area contributed by atoms with E-state index in [2.05, 4.69) is 17.0 Å². The summed E-state index contributed by atoms with van der Waals surface area (Å²) < 4.78 is 10.1. The Morgan fingerprint density at radius 2 is 1.88 bits per heavy atom. The summed E-state index contributed by atoms with van der Waals surface area (Å²) in [6, 6.07) is 9.55. The molecule has 0 aliphatic rings. The van der Waals surface area contributed by atoms with Gasteiger partial charge in [0.25, 0.3) is 5.56 Å². The number of hydrogen-bond donors (Lipinski definition) is 1. The second-order valence-electron chi connectivity index (χ2n) is 8.48. The number of rotatable bonds is 11. The molecule has 0 saturated carbocycles. The van der Waals surface area contributed by atoms with Gasteiger partial charge in [0.15, 0.2) is 0 Å². The molecule has 0 radical (unpaired) electrons. The number of aromatic nitrogens is 5. The van der Waals surface area contributed by atoms with Crippen LogP contribution in [0.4, 0.5) is 0 Å². The highest BCUT2D eigenvalue weighted by atomic mass is 35.5. The van der Waals surface area contributed by atoms with E-state index in [0.29, 0.717) is 48.7 Å². The van der Waals surface area contributed by atoms with Gasteiger partial charge in [0, 0.05) is 19.3 Å². The van der Waals surface area contributed by atoms with Crippen molar-refractivity contribution in [1.82, 2.24) is 23.9 Å². The molecule has 4 aromatic rings. The molecule has 9 heteroatoms. The molecule has 0 spiro atoms. The van der Waals surface area contributed by atoms with Gasteiger partial charge in [-0.1, -0.05) is 43.5 Å². The van der Waals surface area contributed by atoms with Gasteiger partial charge in [-0.3, -0.25) is 18.6 Å². The van der Waals surface area contributed by atoms with Crippen molar-refractivity contribution in [2.45, 2.75) is 58.7 Å². The third kappa shape index (κ3) is 5.28. The maximum absolute atomic E-state index is 13.2. The lowest BCUT2D eigenvalue weighted by Gasteiger charge is -2.12. The fraction of sp³-hybridized carbons (Fsp3) is 0.400. The van der Waals surface area contributed by atoms with Crippen molar-refractivity contribution >= 4 is 22.6 Å². The van der Waals surface area contributed by atoms with Crippen molar-refractivity contribution in [1.29, 1.82) is 0 Å². The quantitative estimate of drug-likeness (QED) is 0.323. The average molecular weight is 484 g/mol. The van der Waals surface area contributed by atoms with E-state index in [4.69, 9.17) is 16.3 Å². The third-order valence-corrected chi connectivity index (χ3v) is 6.18. The predicted octanol–water partition coefficient (Wildman–Crippen LogP) is 4.22. The molecule has 8 nitrogen and oxygen atoms in total. The molecule has 4 rings (SSSR count). The summed E-state index contributed by atoms with van der Waals surface area (Å²) in [7, 11) is 1.65. The van der Waals surface area contributed by atoms with Gasteiger partial charge in [0.2, 0.25) is 0 Å². The number of unbranched alkanes of at least 4 members (excludes halogenated alkanes) is 2. The molecule has 0 aliphatic carbocycles. The van der Waals surface area contributed by atoms with E-state index in [1.807, 2.05) is 41.3 Å². The molecular weight excluding hydrogens is 454 g/mol. The largest absolute Gasteiger partial charge is 0.497 e. The molecule has 1 aromatic carbocycles. The van der Waals surface area contributed by atoms with E-state index in [0.717, 1.165) is 36.1 Å². The van der Waals surface area contributed by atoms with Crippen LogP contribution in [0.5, 0.6) is 5.75 Å². The lowest BCUT2D eigenvalue weighted by atomic mass is 10.2. The van der Waals surface area contributed by atoms with Crippen molar-refractivity contribution in [2.24, 2.45) is 0 Å². The van der Waals surface area contributed by atoms with Crippen LogP contribution in [0.3, 0.4) is 0 Å². The molecular formula is C25H30ClN5O3. The number of ether oxygens (including phenoxy) is 1. The summed E-state index contributed by atoms with van der Waals surface area (Å²) >= 11 is 6.12. The van der Waals surface area contributed by atoms with Gasteiger partial charge in [-0.05, 0) is 48.6 Å². The molecule has 0 fully saturated rings. The van der Waals surface area contributed by atoms with Gasteiger partial charge in [-0.25, -0.2) is 4.79 Å². The number of fused-ring (bicyclic) bond motifs is 1. The third-order valence-electron chi connectivity index (χ3n) is 5.97. The molecule has 0 saturated heterocycles. The molecule has 0 amide bonds. The minimum absolute atomic E-state index is 0.280. The van der Waals surface area contributed by atoms with Gasteiger partial charge in [-0.2, -0.15) is 5.10 Å². The Morgan fingerprint density at radius 1 is 1.06 bits per heavy atom. The van der Waals surface area contributed by atoms with Crippen LogP contribution in [-0.2, 0) is 26.1 Å². The molecule has 180 valence electrons. The fourth-order valence-corrected chi connectivity index (χ4v) is 4.41. The topological polar surface area (TPSA) is 86.8 Å². The first-order valence-corrected chi connectivity index (χ1v) is 12.0. The lowest BCUT2D eigenvalue weighted by molar-refractivity contribution is 0.414. The summed E-state index contributed by atoms with van der Waals surface area (Å²) in [6.07, 6.45) is 8.14. The summed E-state index contributed by atoms with van der Waals surface area (Å²) in [5.74, 6) is 0.816. The number of benzene rings is 1. The fourth-order valence-electron chi connectivity index (χ4n) is 4.21. The Morgan fingerprint density at radius 3 is 2.68 bits per heavy atom. The van der Waals surface area contributed by atoms with E-state index in [-0.39, 0.29) is 11.2 Å². The molecule has 3 aromatic heterocycles. The SMILES string of the molecule is CCCCCn1c(=O)n(CCCc2cnn(Cc3cccc(OC)c3)c2)c(=O)c2[nH]c(Cl)cc21. The molecule has 0 bridgehead atoms. The number of H-pyrrole nitrogens is 1. The van der Waals surface area contributed by atoms with E-state index in [1.165, 1.54) is 4.57 Å². The number of nitrogens with one attached hydrogen (secondary N) is 1. The number of nitrogens with zero attached hydrogens (tertiary/aromatic N) is 4. The lowest BCUT2D eigenvalue weighted by Crippen LogP contribution is -2.40. The highest BCUT2D eigenvalue weighted by molar-refractivity contribution is 6.30. The summed E-state index contributed by atoms with van der Waals surface area (Å²) in [5.41, 5.74) is 2.51. The van der Waals surface area contributed by atoms with Crippen LogP contribution in [-0.4, -0.2) is 31.0 Å². The number of methoxy groups -OCH3 is 1. The van der Waals surface area contributed by atoms with Gasteiger partial charge >= 0.3 is 5.69 Å². The summed E-state index contributed by atoms with van der Waals surface area (Å²) in [5, 5.41) is 4.81. The Kier molecular flexibility index (Phi) is 7.57. The Balaban J connectivity index is 1.46. The first kappa shape index (κ1) is 23.9. The van der Waals surface area contributed by atoms with Crippen LogP contribution in [0.15, 0.2) is 52.3 Å². The van der Waals surface area contributed by atoms with Crippen molar-refractivity contribution in [3.63, 3.8) is 0 Å². The van der Waals surface area contributed by atoms with E-state index in [9.17, 15) is 9.59 Å². The number of aromatic amines is 1. The van der Waals surface area contributed by atoms with Crippen molar-refractivity contribution in [3.8, 4) is 5.75 Å². The average Bonchev–Trinajstić information content (AvgIpc) is 3.44. The Labute approximate surface area is 202 Å². The highest BCUT2D eigenvalue weighted by Gasteiger charge is 2.15. The standard InChI is InChI=1S/C25H30ClN5O3/c1-3-4-5-11-30-21-14-22(26)28-23(21)24(32)31(25(30)33)12-7-9-19-15-27-29(17-19)16-18-8-6-10-20(13-18)34-2/h6,8,10,13-15,17,28H,3-5,7,9,11-12,16H2,1-2H3. The minimum atomic E-state index is -0.327. The van der Waals surface area contributed by atoms with Gasteiger partial charge in [-0.15, -0.1) is 0 Å². The number of halogens is 1. The zero-order valence-corrected chi connectivity index (χ0v) is 20.3. The van der Waals surface area contributed by atoms with Crippen LogP contribution in [0, 0.1) is 0 Å². The monoisotopic (exact) mass is 483 g/mol. The molecule has 0 atom stereocenters. The second-order valence-corrected chi connectivity index (χ2v) is 8.88. The van der Waals surface area contributed by atoms with Crippen molar-refractivity contribution in [3.05, 3.63) is 79.8 Å². The van der Waals surface area contributed by atoms with Gasteiger partial charge in [0.05, 0.1) is 25.4 Å². The van der Waals surface area contributed by atoms with Crippen LogP contribution in [0.2, 0.25) is 5.15 Å². The number of hydrogen-bond acceptors (Lipinski definition) is 4. The zero-order chi connectivity index (χ0) is 24.1. The van der Waals surface area contributed by atoms with Crippen molar-refractivity contribution in [2.75, 3.05) is 7.11 Å². The minimum Gasteiger partial charge on any atom is -0.497 e. The predicted molar refractivity (Wildman–Crippen MR) is 134 cm³/mol. The van der Waals surface area contributed by atoms with Gasteiger partial charge < -0.3 is 9.72 Å². The molecule has 3 heterocycles. The highest BCUT2D eigenvalue weighted by Crippen LogP contribution is 2.16. The van der Waals surface area contributed by atoms with E-state index in [1.54, 1.807) is 17.7 Å². The van der Waals surface area contributed by atoms with E-state index >= 15 is 0 Å². The number of aryl methyl sites for hydroxylation is 2. The first-order chi connectivity index (χ1) is 16.5. The van der Waals surface area contributed by atoms with Crippen LogP contribution in [0.25, 0.3) is 11.0 Å². The van der Waals surface area contributed by atoms with Crippen LogP contribution >= 0.6 is 11.6 Å². The summed E-state index contributed by atoms with van der Waals surface area (Å²) in [4.78, 5) is 29.0. The maximum atomic E-state index is 13.2.